The van der Waals surface area contributed by atoms with Crippen molar-refractivity contribution in [3.63, 3.8) is 0 Å². The van der Waals surface area contributed by atoms with Crippen LogP contribution in [0.2, 0.25) is 0 Å². The van der Waals surface area contributed by atoms with Gasteiger partial charge in [0.15, 0.2) is 11.6 Å². The number of carbonyl (C=O) groups is 1. The number of rotatable bonds is 4. The summed E-state index contributed by atoms with van der Waals surface area (Å²) in [6.07, 6.45) is -0.842. The molecule has 37 heavy (non-hydrogen) atoms. The first-order valence-electron chi connectivity index (χ1n) is 12.4. The Kier molecular flexibility index (Phi) is 5.96. The Morgan fingerprint density at radius 3 is 2.11 bits per heavy atom. The van der Waals surface area contributed by atoms with E-state index in [1.807, 2.05) is 36.4 Å². The maximum atomic E-state index is 14.3. The molecule has 0 radical (unpaired) electrons. The third-order valence-electron chi connectivity index (χ3n) is 7.83. The summed E-state index contributed by atoms with van der Waals surface area (Å²) in [6.45, 7) is 0.488. The Morgan fingerprint density at radius 2 is 1.49 bits per heavy atom. The molecule has 3 aromatic carbocycles. The van der Waals surface area contributed by atoms with Crippen molar-refractivity contribution in [3.8, 4) is 11.1 Å². The van der Waals surface area contributed by atoms with Crippen molar-refractivity contribution in [2.24, 2.45) is 0 Å². The number of fused-ring (bicyclic) bond motifs is 5. The maximum absolute atomic E-state index is 14.3. The summed E-state index contributed by atoms with van der Waals surface area (Å²) < 4.78 is 53.8. The van der Waals surface area contributed by atoms with E-state index >= 15 is 0 Å². The van der Waals surface area contributed by atoms with Crippen molar-refractivity contribution in [3.05, 3.63) is 94.8 Å². The molecule has 6 rings (SSSR count). The van der Waals surface area contributed by atoms with Crippen molar-refractivity contribution < 1.29 is 32.5 Å². The average molecular weight is 510 g/mol. The number of ether oxygens (including phenoxy) is 2. The highest BCUT2D eigenvalue weighted by Crippen LogP contribution is 2.45. The highest BCUT2D eigenvalue weighted by atomic mass is 19.2. The molecule has 2 saturated heterocycles. The van der Waals surface area contributed by atoms with E-state index in [9.17, 15) is 23.1 Å². The lowest BCUT2D eigenvalue weighted by molar-refractivity contribution is -0.132. The molecule has 2 unspecified atom stereocenters. The maximum Gasteiger partial charge on any atom is 0.410 e. The van der Waals surface area contributed by atoms with E-state index in [0.29, 0.717) is 0 Å². The normalized spacial score (nSPS) is 24.5. The molecule has 0 saturated carbocycles. The predicted octanol–water partition coefficient (Wildman–Crippen LogP) is 5.19. The number of halogens is 3. The van der Waals surface area contributed by atoms with Crippen LogP contribution in [0, 0.1) is 17.5 Å². The van der Waals surface area contributed by atoms with Crippen LogP contribution in [0.15, 0.2) is 60.7 Å². The zero-order valence-electron chi connectivity index (χ0n) is 20.0. The number of piperidine rings is 1. The molecule has 2 bridgehead atoms. The fourth-order valence-corrected chi connectivity index (χ4v) is 6.25. The van der Waals surface area contributed by atoms with E-state index in [-0.39, 0.29) is 38.6 Å². The number of hydrogen-bond acceptors (Lipinski definition) is 4. The van der Waals surface area contributed by atoms with Crippen LogP contribution < -0.4 is 0 Å². The molecule has 3 aromatic rings. The molecule has 2 aliphatic heterocycles. The fourth-order valence-electron chi connectivity index (χ4n) is 6.25. The SMILES string of the molecule is O=C(OCC1c2ccccc2-c2ccccc21)N1C2COCC1CC(O)(Cc1c(F)ccc(F)c1F)C2. The standard InChI is InChI=1S/C29H26F3NO4/c30-25-9-10-26(31)27(32)23(25)13-29(35)11-17-14-36-15-18(12-29)33(17)28(34)37-16-24-21-7-3-1-5-19(21)20-6-2-4-8-22(20)24/h1-10,17-18,24,35H,11-16H2. The number of benzene rings is 3. The summed E-state index contributed by atoms with van der Waals surface area (Å²) in [7, 11) is 0. The predicted molar refractivity (Wildman–Crippen MR) is 130 cm³/mol. The second-order valence-corrected chi connectivity index (χ2v) is 10.2. The number of morpholine rings is 1. The van der Waals surface area contributed by atoms with Crippen molar-refractivity contribution in [2.75, 3.05) is 19.8 Å². The molecule has 2 fully saturated rings. The Hall–Kier alpha value is -3.36. The van der Waals surface area contributed by atoms with Crippen molar-refractivity contribution >= 4 is 6.09 Å². The van der Waals surface area contributed by atoms with E-state index in [2.05, 4.69) is 12.1 Å². The van der Waals surface area contributed by atoms with Crippen LogP contribution in [0.5, 0.6) is 0 Å². The van der Waals surface area contributed by atoms with Gasteiger partial charge in [-0.25, -0.2) is 18.0 Å². The van der Waals surface area contributed by atoms with E-state index in [0.717, 1.165) is 34.4 Å². The first-order chi connectivity index (χ1) is 17.8. The van der Waals surface area contributed by atoms with E-state index in [1.54, 1.807) is 4.90 Å². The molecular weight excluding hydrogens is 483 g/mol. The first-order valence-corrected chi connectivity index (χ1v) is 12.4. The molecular formula is C29H26F3NO4. The van der Waals surface area contributed by atoms with Gasteiger partial charge in [-0.15, -0.1) is 0 Å². The minimum Gasteiger partial charge on any atom is -0.448 e. The lowest BCUT2D eigenvalue weighted by Crippen LogP contribution is -2.64. The van der Waals surface area contributed by atoms with Crippen LogP contribution in [0.1, 0.15) is 35.4 Å². The Bertz CT molecular complexity index is 1300. The van der Waals surface area contributed by atoms with Gasteiger partial charge in [-0.3, -0.25) is 4.90 Å². The summed E-state index contributed by atoms with van der Waals surface area (Å²) in [4.78, 5) is 14.9. The number of amides is 1. The van der Waals surface area contributed by atoms with E-state index < -0.39 is 53.2 Å². The molecule has 3 aliphatic rings. The van der Waals surface area contributed by atoms with Crippen molar-refractivity contribution in [2.45, 2.75) is 42.9 Å². The van der Waals surface area contributed by atoms with Gasteiger partial charge in [-0.2, -0.15) is 0 Å². The molecule has 1 amide bonds. The summed E-state index contributed by atoms with van der Waals surface area (Å²) >= 11 is 0. The van der Waals surface area contributed by atoms with Gasteiger partial charge in [0.1, 0.15) is 12.4 Å². The summed E-state index contributed by atoms with van der Waals surface area (Å²) in [5.41, 5.74) is 2.46. The molecule has 1 N–H and O–H groups in total. The number of carbonyl (C=O) groups excluding carboxylic acids is 1. The third kappa shape index (κ3) is 4.18. The molecule has 8 heteroatoms. The number of aliphatic hydroxyl groups is 1. The quantitative estimate of drug-likeness (QED) is 0.492. The smallest absolute Gasteiger partial charge is 0.410 e. The Balaban J connectivity index is 1.18. The van der Waals surface area contributed by atoms with E-state index in [4.69, 9.17) is 9.47 Å². The largest absolute Gasteiger partial charge is 0.448 e. The molecule has 1 aliphatic carbocycles. The summed E-state index contributed by atoms with van der Waals surface area (Å²) in [6, 6.07) is 16.6. The number of hydrogen-bond donors (Lipinski definition) is 1. The van der Waals surface area contributed by atoms with Crippen LogP contribution in [-0.2, 0) is 15.9 Å². The highest BCUT2D eigenvalue weighted by Gasteiger charge is 2.49. The van der Waals surface area contributed by atoms with Crippen LogP contribution in [-0.4, -0.2) is 53.6 Å². The second-order valence-electron chi connectivity index (χ2n) is 10.2. The van der Waals surface area contributed by atoms with Crippen LogP contribution in [0.4, 0.5) is 18.0 Å². The minimum absolute atomic E-state index is 0.0308. The molecule has 0 spiro atoms. The molecule has 2 heterocycles. The zero-order chi connectivity index (χ0) is 25.7. The van der Waals surface area contributed by atoms with Gasteiger partial charge in [-0.05, 0) is 47.2 Å². The number of nitrogens with zero attached hydrogens (tertiary/aromatic N) is 1. The second kappa shape index (κ2) is 9.19. The Labute approximate surface area is 212 Å². The van der Waals surface area contributed by atoms with Crippen LogP contribution in [0.25, 0.3) is 11.1 Å². The Morgan fingerprint density at radius 1 is 0.919 bits per heavy atom. The lowest BCUT2D eigenvalue weighted by atomic mass is 9.77. The summed E-state index contributed by atoms with van der Waals surface area (Å²) in [5, 5.41) is 11.3. The summed E-state index contributed by atoms with van der Waals surface area (Å²) in [5.74, 6) is -3.46. The van der Waals surface area contributed by atoms with Gasteiger partial charge >= 0.3 is 6.09 Å². The molecule has 192 valence electrons. The zero-order valence-corrected chi connectivity index (χ0v) is 20.0. The highest BCUT2D eigenvalue weighted by molar-refractivity contribution is 5.79. The van der Waals surface area contributed by atoms with Crippen molar-refractivity contribution in [1.82, 2.24) is 4.90 Å². The average Bonchev–Trinajstić information content (AvgIpc) is 3.21. The third-order valence-corrected chi connectivity index (χ3v) is 7.83. The van der Waals surface area contributed by atoms with E-state index in [1.165, 1.54) is 0 Å². The first kappa shape index (κ1) is 24.0. The molecule has 5 nitrogen and oxygen atoms in total. The van der Waals surface area contributed by atoms with Gasteiger partial charge < -0.3 is 14.6 Å². The lowest BCUT2D eigenvalue weighted by Gasteiger charge is -2.51. The van der Waals surface area contributed by atoms with Gasteiger partial charge in [0.05, 0.1) is 30.9 Å². The van der Waals surface area contributed by atoms with Gasteiger partial charge in [-0.1, -0.05) is 48.5 Å². The van der Waals surface area contributed by atoms with Gasteiger partial charge in [0.2, 0.25) is 0 Å². The topological polar surface area (TPSA) is 59.0 Å². The van der Waals surface area contributed by atoms with Crippen LogP contribution in [0.3, 0.4) is 0 Å². The monoisotopic (exact) mass is 509 g/mol. The fraction of sp³-hybridized carbons (Fsp3) is 0.345. The molecule has 0 aromatic heterocycles. The van der Waals surface area contributed by atoms with Gasteiger partial charge in [0.25, 0.3) is 0 Å². The van der Waals surface area contributed by atoms with Gasteiger partial charge in [0, 0.05) is 17.9 Å². The minimum atomic E-state index is -1.52. The van der Waals surface area contributed by atoms with Crippen LogP contribution >= 0.6 is 0 Å². The van der Waals surface area contributed by atoms with Crippen molar-refractivity contribution in [1.29, 1.82) is 0 Å². The molecule has 2 atom stereocenters.